The van der Waals surface area contributed by atoms with E-state index in [-0.39, 0.29) is 0 Å². The number of hydrogen-bond acceptors (Lipinski definition) is 1. The monoisotopic (exact) mass is 312 g/mol. The summed E-state index contributed by atoms with van der Waals surface area (Å²) in [6.45, 7) is 0. The van der Waals surface area contributed by atoms with Gasteiger partial charge in [0.2, 0.25) is 0 Å². The van der Waals surface area contributed by atoms with Crippen molar-refractivity contribution in [2.45, 2.75) is 0 Å². The number of ether oxygens (including phenoxy) is 1. The summed E-state index contributed by atoms with van der Waals surface area (Å²) in [6, 6.07) is 30.9. The highest BCUT2D eigenvalue weighted by Crippen LogP contribution is 2.28. The molecule has 0 aliphatic heterocycles. The molecule has 0 saturated carbocycles. The van der Waals surface area contributed by atoms with Crippen LogP contribution < -0.4 is 0 Å². The van der Waals surface area contributed by atoms with Crippen molar-refractivity contribution in [2.24, 2.45) is 0 Å². The second kappa shape index (κ2) is 7.98. The molecule has 3 rings (SSSR count). The summed E-state index contributed by atoms with van der Waals surface area (Å²) >= 11 is 0. The number of allylic oxidation sites excluding steroid dienone is 1. The molecule has 118 valence electrons. The Kier molecular flexibility index (Phi) is 5.26. The molecule has 3 aromatic rings. The number of hydrogen-bond donors (Lipinski definition) is 0. The molecule has 0 spiro atoms. The zero-order chi connectivity index (χ0) is 16.6. The van der Waals surface area contributed by atoms with Gasteiger partial charge in [-0.3, -0.25) is 0 Å². The molecular formula is C23H20O. The summed E-state index contributed by atoms with van der Waals surface area (Å²) < 4.78 is 5.74. The zero-order valence-electron chi connectivity index (χ0n) is 13.7. The maximum absolute atomic E-state index is 5.74. The fraction of sp³-hybridized carbons (Fsp3) is 0.0435. The van der Waals surface area contributed by atoms with Crippen LogP contribution >= 0.6 is 0 Å². The van der Waals surface area contributed by atoms with Gasteiger partial charge in [0.1, 0.15) is 5.76 Å². The first-order valence-corrected chi connectivity index (χ1v) is 8.01. The van der Waals surface area contributed by atoms with E-state index in [1.54, 1.807) is 7.11 Å². The van der Waals surface area contributed by atoms with Crippen molar-refractivity contribution in [3.63, 3.8) is 0 Å². The average molecular weight is 312 g/mol. The summed E-state index contributed by atoms with van der Waals surface area (Å²) in [5.41, 5.74) is 4.51. The van der Waals surface area contributed by atoms with Crippen molar-refractivity contribution in [3.8, 4) is 0 Å². The average Bonchev–Trinajstić information content (AvgIpc) is 2.67. The maximum atomic E-state index is 5.74. The van der Waals surface area contributed by atoms with Crippen LogP contribution in [-0.2, 0) is 4.74 Å². The summed E-state index contributed by atoms with van der Waals surface area (Å²) in [6.07, 6.45) is 4.11. The lowest BCUT2D eigenvalue weighted by Gasteiger charge is -2.13. The quantitative estimate of drug-likeness (QED) is 0.427. The van der Waals surface area contributed by atoms with Crippen LogP contribution in [0.3, 0.4) is 0 Å². The molecule has 0 amide bonds. The number of benzene rings is 3. The first kappa shape index (κ1) is 15.8. The highest BCUT2D eigenvalue weighted by molar-refractivity contribution is 5.83. The molecule has 0 aliphatic carbocycles. The Morgan fingerprint density at radius 3 is 1.58 bits per heavy atom. The zero-order valence-corrected chi connectivity index (χ0v) is 13.7. The second-order valence-electron chi connectivity index (χ2n) is 5.42. The van der Waals surface area contributed by atoms with Gasteiger partial charge in [0.05, 0.1) is 7.11 Å². The lowest BCUT2D eigenvalue weighted by molar-refractivity contribution is 0.309. The van der Waals surface area contributed by atoms with E-state index < -0.39 is 0 Å². The van der Waals surface area contributed by atoms with Crippen LogP contribution in [0.4, 0.5) is 0 Å². The second-order valence-corrected chi connectivity index (χ2v) is 5.42. The molecule has 0 saturated heterocycles. The Balaban J connectivity index is 2.10. The Morgan fingerprint density at radius 2 is 1.12 bits per heavy atom. The Hall–Kier alpha value is -3.06. The van der Waals surface area contributed by atoms with Crippen LogP contribution in [0.1, 0.15) is 16.7 Å². The van der Waals surface area contributed by atoms with E-state index in [0.717, 1.165) is 28.0 Å². The van der Waals surface area contributed by atoms with Crippen LogP contribution in [0.2, 0.25) is 0 Å². The van der Waals surface area contributed by atoms with Crippen molar-refractivity contribution >= 4 is 11.6 Å². The van der Waals surface area contributed by atoms with Gasteiger partial charge in [-0.15, -0.1) is 0 Å². The fourth-order valence-electron chi connectivity index (χ4n) is 2.65. The van der Waals surface area contributed by atoms with Crippen molar-refractivity contribution in [2.75, 3.05) is 7.11 Å². The van der Waals surface area contributed by atoms with E-state index in [0.29, 0.717) is 0 Å². The molecule has 0 N–H and O–H groups in total. The molecule has 1 heteroatoms. The lowest BCUT2D eigenvalue weighted by Crippen LogP contribution is -1.95. The van der Waals surface area contributed by atoms with Crippen molar-refractivity contribution in [3.05, 3.63) is 120 Å². The third-order valence-electron chi connectivity index (χ3n) is 3.82. The Morgan fingerprint density at radius 1 is 0.667 bits per heavy atom. The van der Waals surface area contributed by atoms with Crippen LogP contribution in [0.5, 0.6) is 0 Å². The van der Waals surface area contributed by atoms with Gasteiger partial charge in [-0.2, -0.15) is 0 Å². The van der Waals surface area contributed by atoms with E-state index in [9.17, 15) is 0 Å². The van der Waals surface area contributed by atoms with Gasteiger partial charge in [-0.1, -0.05) is 97.1 Å². The van der Waals surface area contributed by atoms with E-state index in [1.165, 1.54) is 0 Å². The summed E-state index contributed by atoms with van der Waals surface area (Å²) in [7, 11) is 1.72. The van der Waals surface area contributed by atoms with Gasteiger partial charge in [-0.25, -0.2) is 0 Å². The fourth-order valence-corrected chi connectivity index (χ4v) is 2.65. The molecule has 0 unspecified atom stereocenters. The van der Waals surface area contributed by atoms with Gasteiger partial charge in [0.25, 0.3) is 0 Å². The number of rotatable bonds is 5. The van der Waals surface area contributed by atoms with Gasteiger partial charge < -0.3 is 4.74 Å². The number of methoxy groups -OCH3 is 1. The Bertz CT molecular complexity index is 774. The first-order valence-electron chi connectivity index (χ1n) is 8.01. The lowest BCUT2D eigenvalue weighted by atomic mass is 9.96. The van der Waals surface area contributed by atoms with Gasteiger partial charge in [0.15, 0.2) is 0 Å². The summed E-state index contributed by atoms with van der Waals surface area (Å²) in [5, 5.41) is 0. The molecule has 1 nitrogen and oxygen atoms in total. The molecule has 3 aromatic carbocycles. The molecule has 0 fully saturated rings. The first-order chi connectivity index (χ1) is 11.9. The van der Waals surface area contributed by atoms with Crippen LogP contribution in [0.15, 0.2) is 103 Å². The molecule has 0 bridgehead atoms. The molecule has 0 aliphatic rings. The molecular weight excluding hydrogens is 292 g/mol. The smallest absolute Gasteiger partial charge is 0.127 e. The molecule has 0 heterocycles. The van der Waals surface area contributed by atoms with Gasteiger partial charge >= 0.3 is 0 Å². The third kappa shape index (κ3) is 3.82. The predicted molar refractivity (Wildman–Crippen MR) is 101 cm³/mol. The largest absolute Gasteiger partial charge is 0.496 e. The standard InChI is InChI=1S/C23H20O/c1-24-22(18-17-19-11-5-2-6-12-19)23(20-13-7-3-8-14-20)21-15-9-4-10-16-21/h2-18H,1H3/b18-17+. The van der Waals surface area contributed by atoms with Crippen LogP contribution in [0, 0.1) is 0 Å². The normalized spacial score (nSPS) is 10.5. The van der Waals surface area contributed by atoms with E-state index in [4.69, 9.17) is 4.74 Å². The topological polar surface area (TPSA) is 9.23 Å². The minimum absolute atomic E-state index is 0.844. The van der Waals surface area contributed by atoms with Crippen LogP contribution in [0.25, 0.3) is 11.6 Å². The maximum Gasteiger partial charge on any atom is 0.127 e. The minimum Gasteiger partial charge on any atom is -0.496 e. The molecule has 0 atom stereocenters. The predicted octanol–water partition coefficient (Wildman–Crippen LogP) is 5.81. The van der Waals surface area contributed by atoms with Gasteiger partial charge in [-0.05, 0) is 22.8 Å². The summed E-state index contributed by atoms with van der Waals surface area (Å²) in [4.78, 5) is 0. The van der Waals surface area contributed by atoms with E-state index >= 15 is 0 Å². The molecule has 0 radical (unpaired) electrons. The minimum atomic E-state index is 0.844. The third-order valence-corrected chi connectivity index (χ3v) is 3.82. The van der Waals surface area contributed by atoms with E-state index in [2.05, 4.69) is 42.5 Å². The molecule has 24 heavy (non-hydrogen) atoms. The highest BCUT2D eigenvalue weighted by Gasteiger charge is 2.10. The SMILES string of the molecule is COC(/C=C/c1ccccc1)=C(c1ccccc1)c1ccccc1. The van der Waals surface area contributed by atoms with Crippen molar-refractivity contribution < 1.29 is 4.74 Å². The van der Waals surface area contributed by atoms with E-state index in [1.807, 2.05) is 60.7 Å². The van der Waals surface area contributed by atoms with Gasteiger partial charge in [0, 0.05) is 5.57 Å². The highest BCUT2D eigenvalue weighted by atomic mass is 16.5. The van der Waals surface area contributed by atoms with Crippen LogP contribution in [-0.4, -0.2) is 7.11 Å². The van der Waals surface area contributed by atoms with Crippen molar-refractivity contribution in [1.29, 1.82) is 0 Å². The molecule has 0 aromatic heterocycles. The summed E-state index contributed by atoms with van der Waals surface area (Å²) in [5.74, 6) is 0.844. The van der Waals surface area contributed by atoms with Crippen molar-refractivity contribution in [1.82, 2.24) is 0 Å². The Labute approximate surface area is 143 Å².